The van der Waals surface area contributed by atoms with Crippen LogP contribution >= 0.6 is 12.2 Å². The van der Waals surface area contributed by atoms with E-state index in [2.05, 4.69) is 43.3 Å². The predicted octanol–water partition coefficient (Wildman–Crippen LogP) is 3.34. The van der Waals surface area contributed by atoms with E-state index in [1.165, 1.54) is 16.7 Å². The van der Waals surface area contributed by atoms with E-state index in [0.29, 0.717) is 6.54 Å². The van der Waals surface area contributed by atoms with E-state index in [9.17, 15) is 0 Å². The Morgan fingerprint density at radius 2 is 1.76 bits per heavy atom. The summed E-state index contributed by atoms with van der Waals surface area (Å²) in [7, 11) is 0. The van der Waals surface area contributed by atoms with Crippen LogP contribution in [0.5, 0.6) is 0 Å². The smallest absolute Gasteiger partial charge is 0.0360 e. The van der Waals surface area contributed by atoms with Gasteiger partial charge in [-0.25, -0.2) is 0 Å². The lowest BCUT2D eigenvalue weighted by Crippen LogP contribution is -2.11. The van der Waals surface area contributed by atoms with Gasteiger partial charge in [0.25, 0.3) is 0 Å². The lowest BCUT2D eigenvalue weighted by atomic mass is 10.0. The Hall–Kier alpha value is -1.51. The molecular weight excluding hydrogens is 226 g/mol. The fraction of sp³-hybridized carbons (Fsp3) is 0.133. The SMILES string of the molecule is Cc1cccc(-c2ccc(C(=S)CN)cc2)c1. The summed E-state index contributed by atoms with van der Waals surface area (Å²) in [5, 5.41) is 0. The Bertz CT molecular complexity index is 529. The standard InChI is InChI=1S/C15H15NS/c1-11-3-2-4-14(9-11)12-5-7-13(8-6-12)15(17)10-16/h2-9H,10,16H2,1H3. The van der Waals surface area contributed by atoms with Gasteiger partial charge in [0, 0.05) is 11.4 Å². The summed E-state index contributed by atoms with van der Waals surface area (Å²) in [4.78, 5) is 0.806. The van der Waals surface area contributed by atoms with E-state index in [-0.39, 0.29) is 0 Å². The Kier molecular flexibility index (Phi) is 3.67. The Morgan fingerprint density at radius 3 is 2.35 bits per heavy atom. The zero-order valence-corrected chi connectivity index (χ0v) is 10.6. The number of hydrogen-bond donors (Lipinski definition) is 1. The second kappa shape index (κ2) is 5.21. The molecule has 2 aromatic carbocycles. The Labute approximate surface area is 107 Å². The van der Waals surface area contributed by atoms with Crippen molar-refractivity contribution in [2.75, 3.05) is 6.54 Å². The van der Waals surface area contributed by atoms with E-state index < -0.39 is 0 Å². The Balaban J connectivity index is 2.32. The fourth-order valence-corrected chi connectivity index (χ4v) is 1.93. The number of nitrogens with two attached hydrogens (primary N) is 1. The van der Waals surface area contributed by atoms with Crippen LogP contribution in [0, 0.1) is 6.92 Å². The minimum Gasteiger partial charge on any atom is -0.326 e. The third kappa shape index (κ3) is 2.78. The third-order valence-electron chi connectivity index (χ3n) is 2.74. The number of aryl methyl sites for hydroxylation is 1. The van der Waals surface area contributed by atoms with Crippen molar-refractivity contribution in [1.29, 1.82) is 0 Å². The van der Waals surface area contributed by atoms with Crippen molar-refractivity contribution in [3.63, 3.8) is 0 Å². The van der Waals surface area contributed by atoms with E-state index in [4.69, 9.17) is 18.0 Å². The molecule has 0 radical (unpaired) electrons. The third-order valence-corrected chi connectivity index (χ3v) is 3.15. The van der Waals surface area contributed by atoms with Crippen molar-refractivity contribution in [3.05, 3.63) is 59.7 Å². The van der Waals surface area contributed by atoms with Gasteiger partial charge in [0.2, 0.25) is 0 Å². The summed E-state index contributed by atoms with van der Waals surface area (Å²) in [5.41, 5.74) is 10.3. The molecule has 17 heavy (non-hydrogen) atoms. The van der Waals surface area contributed by atoms with Crippen LogP contribution in [0.15, 0.2) is 48.5 Å². The molecule has 2 N–H and O–H groups in total. The van der Waals surface area contributed by atoms with Crippen molar-refractivity contribution in [2.45, 2.75) is 6.92 Å². The van der Waals surface area contributed by atoms with Crippen LogP contribution in [0.25, 0.3) is 11.1 Å². The highest BCUT2D eigenvalue weighted by Crippen LogP contribution is 2.20. The topological polar surface area (TPSA) is 26.0 Å². The van der Waals surface area contributed by atoms with Crippen LogP contribution in [0.3, 0.4) is 0 Å². The van der Waals surface area contributed by atoms with Gasteiger partial charge in [0.05, 0.1) is 0 Å². The van der Waals surface area contributed by atoms with Crippen LogP contribution in [0.4, 0.5) is 0 Å². The summed E-state index contributed by atoms with van der Waals surface area (Å²) < 4.78 is 0. The van der Waals surface area contributed by atoms with Crippen LogP contribution in [-0.4, -0.2) is 11.4 Å². The normalized spacial score (nSPS) is 10.2. The summed E-state index contributed by atoms with van der Waals surface area (Å²) in [6, 6.07) is 16.7. The number of benzene rings is 2. The van der Waals surface area contributed by atoms with Gasteiger partial charge < -0.3 is 5.73 Å². The monoisotopic (exact) mass is 241 g/mol. The first-order chi connectivity index (χ1) is 8.20. The van der Waals surface area contributed by atoms with Gasteiger partial charge in [0.1, 0.15) is 0 Å². The molecule has 0 aliphatic rings. The van der Waals surface area contributed by atoms with E-state index in [1.807, 2.05) is 12.1 Å². The molecule has 0 saturated carbocycles. The average molecular weight is 241 g/mol. The minimum atomic E-state index is 0.430. The first-order valence-corrected chi connectivity index (χ1v) is 6.02. The number of hydrogen-bond acceptors (Lipinski definition) is 2. The van der Waals surface area contributed by atoms with Crippen molar-refractivity contribution in [1.82, 2.24) is 0 Å². The highest BCUT2D eigenvalue weighted by molar-refractivity contribution is 7.80. The van der Waals surface area contributed by atoms with Crippen molar-refractivity contribution in [3.8, 4) is 11.1 Å². The highest BCUT2D eigenvalue weighted by Gasteiger charge is 2.01. The molecular formula is C15H15NS. The summed E-state index contributed by atoms with van der Waals surface area (Å²) in [6.45, 7) is 2.53. The summed E-state index contributed by atoms with van der Waals surface area (Å²) >= 11 is 5.18. The molecule has 0 aliphatic carbocycles. The second-order valence-corrected chi connectivity index (χ2v) is 4.57. The highest BCUT2D eigenvalue weighted by atomic mass is 32.1. The molecule has 2 aromatic rings. The largest absolute Gasteiger partial charge is 0.326 e. The van der Waals surface area contributed by atoms with Crippen molar-refractivity contribution < 1.29 is 0 Å². The molecule has 0 atom stereocenters. The zero-order valence-electron chi connectivity index (χ0n) is 9.81. The van der Waals surface area contributed by atoms with E-state index in [1.54, 1.807) is 0 Å². The number of rotatable bonds is 3. The van der Waals surface area contributed by atoms with Gasteiger partial charge in [-0.1, -0.05) is 66.3 Å². The maximum atomic E-state index is 5.53. The molecule has 86 valence electrons. The molecule has 2 heteroatoms. The van der Waals surface area contributed by atoms with Gasteiger partial charge in [-0.05, 0) is 23.6 Å². The van der Waals surface area contributed by atoms with Crippen LogP contribution < -0.4 is 5.73 Å². The van der Waals surface area contributed by atoms with Crippen LogP contribution in [-0.2, 0) is 0 Å². The molecule has 0 spiro atoms. The predicted molar refractivity (Wildman–Crippen MR) is 77.4 cm³/mol. The second-order valence-electron chi connectivity index (χ2n) is 4.07. The fourth-order valence-electron chi connectivity index (χ4n) is 1.79. The maximum Gasteiger partial charge on any atom is 0.0360 e. The molecule has 0 aliphatic heterocycles. The van der Waals surface area contributed by atoms with E-state index in [0.717, 1.165) is 10.4 Å². The van der Waals surface area contributed by atoms with E-state index >= 15 is 0 Å². The molecule has 0 heterocycles. The average Bonchev–Trinajstić information content (AvgIpc) is 2.38. The maximum absolute atomic E-state index is 5.53. The van der Waals surface area contributed by atoms with Crippen molar-refractivity contribution >= 4 is 17.1 Å². The Morgan fingerprint density at radius 1 is 1.06 bits per heavy atom. The first kappa shape index (κ1) is 12.0. The summed E-state index contributed by atoms with van der Waals surface area (Å²) in [5.74, 6) is 0. The van der Waals surface area contributed by atoms with Gasteiger partial charge in [-0.2, -0.15) is 0 Å². The van der Waals surface area contributed by atoms with Crippen LogP contribution in [0.2, 0.25) is 0 Å². The molecule has 0 aromatic heterocycles. The van der Waals surface area contributed by atoms with Gasteiger partial charge in [0.15, 0.2) is 0 Å². The molecule has 2 rings (SSSR count). The van der Waals surface area contributed by atoms with Crippen LogP contribution in [0.1, 0.15) is 11.1 Å². The summed E-state index contributed by atoms with van der Waals surface area (Å²) in [6.07, 6.45) is 0. The molecule has 0 unspecified atom stereocenters. The number of thiocarbonyl (C=S) groups is 1. The molecule has 1 nitrogen and oxygen atoms in total. The van der Waals surface area contributed by atoms with Gasteiger partial charge >= 0.3 is 0 Å². The minimum absolute atomic E-state index is 0.430. The quantitative estimate of drug-likeness (QED) is 0.659. The molecule has 0 saturated heterocycles. The molecule has 0 fully saturated rings. The van der Waals surface area contributed by atoms with Crippen molar-refractivity contribution in [2.24, 2.45) is 5.73 Å². The lowest BCUT2D eigenvalue weighted by molar-refractivity contribution is 1.33. The molecule has 0 bridgehead atoms. The zero-order chi connectivity index (χ0) is 12.3. The lowest BCUT2D eigenvalue weighted by Gasteiger charge is -2.05. The first-order valence-electron chi connectivity index (χ1n) is 5.61. The van der Waals surface area contributed by atoms with Gasteiger partial charge in [-0.3, -0.25) is 0 Å². The van der Waals surface area contributed by atoms with Gasteiger partial charge in [-0.15, -0.1) is 0 Å². The molecule has 0 amide bonds.